The van der Waals surface area contributed by atoms with Crippen LogP contribution in [0.25, 0.3) is 0 Å². The summed E-state index contributed by atoms with van der Waals surface area (Å²) in [7, 11) is 3.09. The molecule has 11 heteroatoms. The molecule has 1 aromatic heterocycles. The van der Waals surface area contributed by atoms with Crippen molar-refractivity contribution < 1.29 is 23.0 Å². The van der Waals surface area contributed by atoms with Gasteiger partial charge in [-0.1, -0.05) is 12.6 Å². The van der Waals surface area contributed by atoms with Gasteiger partial charge < -0.3 is 25.8 Å². The van der Waals surface area contributed by atoms with Crippen LogP contribution in [-0.4, -0.2) is 47.8 Å². The predicted octanol–water partition coefficient (Wildman–Crippen LogP) is 3.09. The number of carbonyl (C=O) groups excluding carboxylic acids is 1. The first-order valence-electron chi connectivity index (χ1n) is 12.0. The molecular formula is C27H30F2N6O3. The fourth-order valence-electron chi connectivity index (χ4n) is 4.27. The van der Waals surface area contributed by atoms with Crippen molar-refractivity contribution in [2.24, 2.45) is 17.8 Å². The molecule has 4 rings (SSSR count). The number of rotatable bonds is 8. The molecule has 1 atom stereocenters. The molecule has 1 aromatic carbocycles. The highest BCUT2D eigenvalue weighted by molar-refractivity contribution is 6.17. The van der Waals surface area contributed by atoms with Crippen molar-refractivity contribution >= 4 is 11.6 Å². The normalized spacial score (nSPS) is 19.1. The number of hydrogen-bond acceptors (Lipinski definition) is 7. The van der Waals surface area contributed by atoms with Crippen LogP contribution in [0.3, 0.4) is 0 Å². The number of halogens is 2. The van der Waals surface area contributed by atoms with E-state index in [1.54, 1.807) is 30.2 Å². The van der Waals surface area contributed by atoms with E-state index < -0.39 is 23.6 Å². The Morgan fingerprint density at radius 3 is 2.71 bits per heavy atom. The summed E-state index contributed by atoms with van der Waals surface area (Å²) < 4.78 is 41.5. The maximum Gasteiger partial charge on any atom is 0.252 e. The minimum atomic E-state index is -0.772. The summed E-state index contributed by atoms with van der Waals surface area (Å²) in [6.45, 7) is 5.19. The van der Waals surface area contributed by atoms with Crippen molar-refractivity contribution in [3.05, 3.63) is 95.3 Å². The molecule has 200 valence electrons. The molecule has 4 N–H and O–H groups in total. The number of aliphatic imine (C=N–C) groups is 1. The Kier molecular flexibility index (Phi) is 8.37. The molecule has 0 spiro atoms. The molecule has 1 aliphatic heterocycles. The summed E-state index contributed by atoms with van der Waals surface area (Å²) in [6.07, 6.45) is 8.46. The largest absolute Gasteiger partial charge is 0.494 e. The second-order valence-corrected chi connectivity index (χ2v) is 8.89. The van der Waals surface area contributed by atoms with Gasteiger partial charge in [0.15, 0.2) is 11.6 Å². The number of nitrogens with two attached hydrogens (primary N) is 1. The first-order valence-corrected chi connectivity index (χ1v) is 12.0. The zero-order valence-corrected chi connectivity index (χ0v) is 21.2. The van der Waals surface area contributed by atoms with Gasteiger partial charge in [-0.05, 0) is 42.7 Å². The molecular weight excluding hydrogens is 494 g/mol. The highest BCUT2D eigenvalue weighted by Gasteiger charge is 2.25. The fourth-order valence-corrected chi connectivity index (χ4v) is 4.27. The summed E-state index contributed by atoms with van der Waals surface area (Å²) in [4.78, 5) is 17.8. The van der Waals surface area contributed by atoms with Gasteiger partial charge in [0.1, 0.15) is 11.6 Å². The van der Waals surface area contributed by atoms with Crippen molar-refractivity contribution in [3.63, 3.8) is 0 Å². The highest BCUT2D eigenvalue weighted by Crippen LogP contribution is 2.28. The quantitative estimate of drug-likeness (QED) is 0.489. The van der Waals surface area contributed by atoms with E-state index in [9.17, 15) is 9.18 Å². The number of aromatic nitrogens is 2. The molecule has 0 unspecified atom stereocenters. The number of benzene rings is 1. The molecule has 0 saturated carbocycles. The number of nitrogens with zero attached hydrogens (tertiary/aromatic N) is 3. The number of hydrogen-bond donors (Lipinski definition) is 3. The summed E-state index contributed by atoms with van der Waals surface area (Å²) in [5, 5.41) is 10.2. The molecule has 1 amide bonds. The van der Waals surface area contributed by atoms with Gasteiger partial charge in [0.05, 0.1) is 30.6 Å². The molecule has 0 radical (unpaired) electrons. The van der Waals surface area contributed by atoms with Crippen LogP contribution in [0.4, 0.5) is 8.78 Å². The van der Waals surface area contributed by atoms with Gasteiger partial charge in [0.2, 0.25) is 0 Å². The van der Waals surface area contributed by atoms with Crippen LogP contribution in [0.1, 0.15) is 30.0 Å². The lowest BCUT2D eigenvalue weighted by atomic mass is 9.97. The number of methoxy groups -OCH3 is 1. The maximum absolute atomic E-state index is 15.0. The van der Waals surface area contributed by atoms with Crippen LogP contribution in [0.15, 0.2) is 83.3 Å². The zero-order valence-electron chi connectivity index (χ0n) is 21.2. The molecule has 2 aliphatic rings. The zero-order chi connectivity index (χ0) is 27.2. The monoisotopic (exact) mass is 524 g/mol. The molecule has 2 heterocycles. The summed E-state index contributed by atoms with van der Waals surface area (Å²) in [5.41, 5.74) is 6.92. The number of amides is 1. The third-order valence-electron chi connectivity index (χ3n) is 6.23. The van der Waals surface area contributed by atoms with Gasteiger partial charge in [-0.15, -0.1) is 0 Å². The second-order valence-electron chi connectivity index (χ2n) is 8.89. The number of carbonyl (C=O) groups is 1. The highest BCUT2D eigenvalue weighted by atomic mass is 19.1. The Hall–Kier alpha value is -4.25. The van der Waals surface area contributed by atoms with Gasteiger partial charge in [-0.25, -0.2) is 13.8 Å². The van der Waals surface area contributed by atoms with E-state index >= 15 is 4.39 Å². The first-order chi connectivity index (χ1) is 18.3. The van der Waals surface area contributed by atoms with E-state index in [0.29, 0.717) is 30.2 Å². The second kappa shape index (κ2) is 11.9. The minimum Gasteiger partial charge on any atom is -0.494 e. The van der Waals surface area contributed by atoms with Crippen molar-refractivity contribution in [3.8, 4) is 5.75 Å². The minimum absolute atomic E-state index is 0.00795. The number of aryl methyl sites for hydroxylation is 1. The third kappa shape index (κ3) is 6.17. The molecule has 0 bridgehead atoms. The van der Waals surface area contributed by atoms with Gasteiger partial charge >= 0.3 is 0 Å². The van der Waals surface area contributed by atoms with Gasteiger partial charge in [0.25, 0.3) is 5.91 Å². The molecule has 9 nitrogen and oxygen atoms in total. The van der Waals surface area contributed by atoms with Gasteiger partial charge in [-0.2, -0.15) is 5.10 Å². The van der Waals surface area contributed by atoms with Crippen LogP contribution < -0.4 is 21.1 Å². The standard InChI is InChI=1S/C27H30F2N6O3/c1-16(32-20-6-8-38-9-7-20)33-24-12-18(11-22(28)21(24)13-30)27(36)34-26(19-14-31-35(2)15-19)17-4-5-25(37-3)23(29)10-17/h4-5,10-15,20,26,32H,1,6-9,30H2,2-3H3,(H,34,36)/b21-13-,33-24-/t26-/m0/s1. The van der Waals surface area contributed by atoms with E-state index in [0.717, 1.165) is 25.1 Å². The van der Waals surface area contributed by atoms with Gasteiger partial charge in [0, 0.05) is 49.8 Å². The van der Waals surface area contributed by atoms with E-state index in [1.165, 1.54) is 25.3 Å². The lowest BCUT2D eigenvalue weighted by molar-refractivity contribution is -0.117. The Morgan fingerprint density at radius 1 is 1.32 bits per heavy atom. The summed E-state index contributed by atoms with van der Waals surface area (Å²) in [6, 6.07) is 3.74. The van der Waals surface area contributed by atoms with Crippen molar-refractivity contribution in [2.45, 2.75) is 24.9 Å². The number of ether oxygens (including phenoxy) is 2. The number of nitrogens with one attached hydrogen (secondary N) is 2. The fraction of sp³-hybridized carbons (Fsp3) is 0.296. The molecule has 2 aromatic rings. The molecule has 1 fully saturated rings. The van der Waals surface area contributed by atoms with Crippen molar-refractivity contribution in [1.29, 1.82) is 0 Å². The Balaban J connectivity index is 1.61. The first kappa shape index (κ1) is 26.8. The van der Waals surface area contributed by atoms with Crippen LogP contribution in [0, 0.1) is 5.82 Å². The van der Waals surface area contributed by atoms with Crippen molar-refractivity contribution in [1.82, 2.24) is 20.4 Å². The number of allylic oxidation sites excluding steroid dienone is 3. The van der Waals surface area contributed by atoms with E-state index in [4.69, 9.17) is 15.2 Å². The lowest BCUT2D eigenvalue weighted by Crippen LogP contribution is -2.34. The predicted molar refractivity (Wildman–Crippen MR) is 139 cm³/mol. The smallest absolute Gasteiger partial charge is 0.252 e. The van der Waals surface area contributed by atoms with E-state index in [1.807, 2.05) is 0 Å². The third-order valence-corrected chi connectivity index (χ3v) is 6.23. The molecule has 38 heavy (non-hydrogen) atoms. The maximum atomic E-state index is 15.0. The SMILES string of the molecule is C=C(/N=C1/C=C(C(=O)N[C@@H](c2ccc(OC)c(F)c2)c2cnn(C)c2)C=C(F)/C1=C/N)NC1CCOCC1. The Morgan fingerprint density at radius 2 is 2.08 bits per heavy atom. The Labute approximate surface area is 219 Å². The molecule has 1 saturated heterocycles. The summed E-state index contributed by atoms with van der Waals surface area (Å²) >= 11 is 0. The summed E-state index contributed by atoms with van der Waals surface area (Å²) in [5.74, 6) is -1.51. The van der Waals surface area contributed by atoms with Crippen LogP contribution in [0.5, 0.6) is 5.75 Å². The lowest BCUT2D eigenvalue weighted by Gasteiger charge is -2.24. The van der Waals surface area contributed by atoms with Crippen LogP contribution in [0.2, 0.25) is 0 Å². The van der Waals surface area contributed by atoms with E-state index in [2.05, 4.69) is 27.3 Å². The topological polar surface area (TPSA) is 116 Å². The average Bonchev–Trinajstić information content (AvgIpc) is 3.33. The Bertz CT molecular complexity index is 1340. The molecule has 1 aliphatic carbocycles. The van der Waals surface area contributed by atoms with Crippen LogP contribution >= 0.6 is 0 Å². The van der Waals surface area contributed by atoms with Crippen molar-refractivity contribution in [2.75, 3.05) is 20.3 Å². The van der Waals surface area contributed by atoms with E-state index in [-0.39, 0.29) is 28.6 Å². The van der Waals surface area contributed by atoms with Crippen LogP contribution in [-0.2, 0) is 16.6 Å². The van der Waals surface area contributed by atoms with Gasteiger partial charge in [-0.3, -0.25) is 9.48 Å². The average molecular weight is 525 g/mol.